The van der Waals surface area contributed by atoms with E-state index in [1.165, 1.54) is 24.3 Å². The largest absolute Gasteiger partial charge is 0.484 e. The van der Waals surface area contributed by atoms with Crippen LogP contribution >= 0.6 is 0 Å². The molecule has 0 bridgehead atoms. The molecule has 0 radical (unpaired) electrons. The fraction of sp³-hybridized carbons (Fsp3) is 0.421. The van der Waals surface area contributed by atoms with Crippen LogP contribution in [0.1, 0.15) is 30.0 Å². The first-order chi connectivity index (χ1) is 13.0. The molecule has 1 saturated carbocycles. The molecule has 1 aromatic heterocycles. The van der Waals surface area contributed by atoms with Gasteiger partial charge in [0.15, 0.2) is 6.61 Å². The molecule has 7 nitrogen and oxygen atoms in total. The molecule has 1 aromatic carbocycles. The lowest BCUT2D eigenvalue weighted by molar-refractivity contribution is -0.135. The Labute approximate surface area is 156 Å². The number of aryl methyl sites for hydroxylation is 1. The normalized spacial score (nSPS) is 18.7. The van der Waals surface area contributed by atoms with Crippen molar-refractivity contribution in [1.29, 1.82) is 0 Å². The number of nitrogens with zero attached hydrogens (tertiary/aromatic N) is 3. The number of carbonyl (C=O) groups excluding carboxylic acids is 2. The number of aromatic nitrogens is 2. The lowest BCUT2D eigenvalue weighted by Gasteiger charge is -2.31. The van der Waals surface area contributed by atoms with Gasteiger partial charge in [-0.15, -0.1) is 0 Å². The maximum Gasteiger partial charge on any atom is 0.260 e. The van der Waals surface area contributed by atoms with Crippen molar-refractivity contribution in [2.24, 2.45) is 7.05 Å². The van der Waals surface area contributed by atoms with Crippen molar-refractivity contribution in [3.63, 3.8) is 0 Å². The van der Waals surface area contributed by atoms with Gasteiger partial charge in [0.05, 0.1) is 11.6 Å². The second-order valence-corrected chi connectivity index (χ2v) is 7.07. The number of hydrogen-bond acceptors (Lipinski definition) is 4. The highest BCUT2D eigenvalue weighted by Gasteiger charge is 2.37. The standard InChI is InChI=1S/C19H21FN4O3/c1-23-8-12-9-24(17(25)11-27-15-6-2-13(20)3-7-15)10-16(18(12)22-23)19(26)21-14-4-5-14/h2-3,6-8,14,16H,4-5,9-11H2,1H3,(H,21,26)/t16-/m0/s1. The molecular formula is C19H21FN4O3. The van der Waals surface area contributed by atoms with Crippen LogP contribution in [-0.2, 0) is 23.2 Å². The number of fused-ring (bicyclic) bond motifs is 1. The van der Waals surface area contributed by atoms with Gasteiger partial charge in [0.2, 0.25) is 5.91 Å². The number of amides is 2. The second kappa shape index (κ2) is 7.02. The molecule has 2 aromatic rings. The van der Waals surface area contributed by atoms with E-state index in [0.29, 0.717) is 12.3 Å². The van der Waals surface area contributed by atoms with Crippen LogP contribution in [0, 0.1) is 5.82 Å². The molecule has 0 saturated heterocycles. The molecule has 4 rings (SSSR count). The summed E-state index contributed by atoms with van der Waals surface area (Å²) in [6.07, 6.45) is 3.84. The Morgan fingerprint density at radius 2 is 2.04 bits per heavy atom. The quantitative estimate of drug-likeness (QED) is 0.859. The van der Waals surface area contributed by atoms with Gasteiger partial charge < -0.3 is 15.0 Å². The zero-order valence-electron chi connectivity index (χ0n) is 15.0. The van der Waals surface area contributed by atoms with Crippen molar-refractivity contribution in [2.75, 3.05) is 13.2 Å². The Morgan fingerprint density at radius 1 is 1.30 bits per heavy atom. The van der Waals surface area contributed by atoms with E-state index in [2.05, 4.69) is 10.4 Å². The van der Waals surface area contributed by atoms with Gasteiger partial charge in [-0.2, -0.15) is 5.10 Å². The highest BCUT2D eigenvalue weighted by Crippen LogP contribution is 2.29. The zero-order chi connectivity index (χ0) is 19.0. The summed E-state index contributed by atoms with van der Waals surface area (Å²) in [5, 5.41) is 7.43. The van der Waals surface area contributed by atoms with Crippen LogP contribution in [0.25, 0.3) is 0 Å². The van der Waals surface area contributed by atoms with E-state index >= 15 is 0 Å². The third-order valence-electron chi connectivity index (χ3n) is 4.80. The van der Waals surface area contributed by atoms with Crippen molar-refractivity contribution in [3.8, 4) is 5.75 Å². The summed E-state index contributed by atoms with van der Waals surface area (Å²) in [4.78, 5) is 26.9. The van der Waals surface area contributed by atoms with E-state index in [1.54, 1.807) is 16.6 Å². The number of rotatable bonds is 5. The van der Waals surface area contributed by atoms with Crippen LogP contribution in [0.4, 0.5) is 4.39 Å². The highest BCUT2D eigenvalue weighted by molar-refractivity contribution is 5.86. The van der Waals surface area contributed by atoms with Crippen LogP contribution in [0.2, 0.25) is 0 Å². The summed E-state index contributed by atoms with van der Waals surface area (Å²) in [5.41, 5.74) is 1.61. The molecule has 142 valence electrons. The number of benzene rings is 1. The first-order valence-electron chi connectivity index (χ1n) is 8.98. The molecule has 0 spiro atoms. The van der Waals surface area contributed by atoms with Gasteiger partial charge in [0, 0.05) is 37.9 Å². The average molecular weight is 372 g/mol. The third-order valence-corrected chi connectivity index (χ3v) is 4.80. The lowest BCUT2D eigenvalue weighted by atomic mass is 9.95. The van der Waals surface area contributed by atoms with Crippen molar-refractivity contribution in [3.05, 3.63) is 47.5 Å². The number of hydrogen-bond donors (Lipinski definition) is 1. The monoisotopic (exact) mass is 372 g/mol. The van der Waals surface area contributed by atoms with Crippen molar-refractivity contribution >= 4 is 11.8 Å². The summed E-state index contributed by atoms with van der Waals surface area (Å²) >= 11 is 0. The van der Waals surface area contributed by atoms with Crippen LogP contribution in [-0.4, -0.2) is 45.7 Å². The Morgan fingerprint density at radius 3 is 2.74 bits per heavy atom. The van der Waals surface area contributed by atoms with E-state index in [4.69, 9.17) is 4.74 Å². The van der Waals surface area contributed by atoms with Gasteiger partial charge in [-0.1, -0.05) is 0 Å². The number of nitrogens with one attached hydrogen (secondary N) is 1. The van der Waals surface area contributed by atoms with Gasteiger partial charge in [0.1, 0.15) is 11.6 Å². The number of halogens is 1. The fourth-order valence-electron chi connectivity index (χ4n) is 3.24. The minimum absolute atomic E-state index is 0.0885. The minimum atomic E-state index is -0.481. The second-order valence-electron chi connectivity index (χ2n) is 7.07. The van der Waals surface area contributed by atoms with Gasteiger partial charge in [-0.3, -0.25) is 14.3 Å². The van der Waals surface area contributed by atoms with Crippen molar-refractivity contribution in [1.82, 2.24) is 20.0 Å². The Bertz CT molecular complexity index is 860. The smallest absolute Gasteiger partial charge is 0.260 e. The maximum atomic E-state index is 13.0. The van der Waals surface area contributed by atoms with E-state index in [1.807, 2.05) is 6.20 Å². The Balaban J connectivity index is 1.45. The van der Waals surface area contributed by atoms with Crippen LogP contribution in [0.5, 0.6) is 5.75 Å². The molecular weight excluding hydrogens is 351 g/mol. The topological polar surface area (TPSA) is 76.5 Å². The molecule has 0 unspecified atom stereocenters. The molecule has 1 aliphatic heterocycles. The van der Waals surface area contributed by atoms with Crippen LogP contribution in [0.15, 0.2) is 30.5 Å². The highest BCUT2D eigenvalue weighted by atomic mass is 19.1. The first-order valence-corrected chi connectivity index (χ1v) is 8.98. The van der Waals surface area contributed by atoms with Gasteiger partial charge in [-0.05, 0) is 37.1 Å². The predicted octanol–water partition coefficient (Wildman–Crippen LogP) is 1.34. The summed E-state index contributed by atoms with van der Waals surface area (Å²) < 4.78 is 20.1. The van der Waals surface area contributed by atoms with Gasteiger partial charge in [0.25, 0.3) is 5.91 Å². The predicted molar refractivity (Wildman–Crippen MR) is 94.4 cm³/mol. The zero-order valence-corrected chi connectivity index (χ0v) is 15.0. The molecule has 27 heavy (non-hydrogen) atoms. The third kappa shape index (κ3) is 3.94. The Kier molecular flexibility index (Phi) is 4.55. The fourth-order valence-corrected chi connectivity index (χ4v) is 3.24. The summed E-state index contributed by atoms with van der Waals surface area (Å²) in [7, 11) is 1.80. The van der Waals surface area contributed by atoms with E-state index in [-0.39, 0.29) is 36.8 Å². The minimum Gasteiger partial charge on any atom is -0.484 e. The van der Waals surface area contributed by atoms with Crippen LogP contribution < -0.4 is 10.1 Å². The number of carbonyl (C=O) groups is 2. The van der Waals surface area contributed by atoms with E-state index < -0.39 is 5.92 Å². The SMILES string of the molecule is Cn1cc2c(n1)[C@@H](C(=O)NC1CC1)CN(C(=O)COc1ccc(F)cc1)C2. The van der Waals surface area contributed by atoms with Gasteiger partial charge >= 0.3 is 0 Å². The van der Waals surface area contributed by atoms with Crippen molar-refractivity contribution in [2.45, 2.75) is 31.3 Å². The lowest BCUT2D eigenvalue weighted by Crippen LogP contribution is -2.45. The first kappa shape index (κ1) is 17.5. The summed E-state index contributed by atoms with van der Waals surface area (Å²) in [5.74, 6) is -0.733. The van der Waals surface area contributed by atoms with Gasteiger partial charge in [-0.25, -0.2) is 4.39 Å². The molecule has 2 heterocycles. The summed E-state index contributed by atoms with van der Waals surface area (Å²) in [6.45, 7) is 0.494. The molecule has 1 aliphatic carbocycles. The number of ether oxygens (including phenoxy) is 1. The Hall–Kier alpha value is -2.90. The van der Waals surface area contributed by atoms with Crippen LogP contribution in [0.3, 0.4) is 0 Å². The molecule has 2 amide bonds. The average Bonchev–Trinajstić information content (AvgIpc) is 3.37. The summed E-state index contributed by atoms with van der Waals surface area (Å²) in [6, 6.07) is 5.76. The molecule has 1 N–H and O–H groups in total. The molecule has 2 aliphatic rings. The van der Waals surface area contributed by atoms with Crippen molar-refractivity contribution < 1.29 is 18.7 Å². The molecule has 1 atom stereocenters. The maximum absolute atomic E-state index is 13.0. The molecule has 8 heteroatoms. The van der Waals surface area contributed by atoms with E-state index in [0.717, 1.165) is 24.1 Å². The molecule has 1 fully saturated rings. The van der Waals surface area contributed by atoms with E-state index in [9.17, 15) is 14.0 Å².